The molecule has 1 aromatic heterocycles. The fourth-order valence-corrected chi connectivity index (χ4v) is 1.61. The van der Waals surface area contributed by atoms with E-state index < -0.39 is 0 Å². The summed E-state index contributed by atoms with van der Waals surface area (Å²) in [5.74, 6) is 2.40. The first-order chi connectivity index (χ1) is 5.86. The molecule has 1 atom stereocenters. The van der Waals surface area contributed by atoms with E-state index in [0.717, 1.165) is 24.7 Å². The number of hydrogen-bond acceptors (Lipinski definition) is 3. The highest BCUT2D eigenvalue weighted by Gasteiger charge is 2.18. The minimum absolute atomic E-state index is 0.517. The third-order valence-corrected chi connectivity index (χ3v) is 2.28. The van der Waals surface area contributed by atoms with Crippen molar-refractivity contribution in [2.45, 2.75) is 25.7 Å². The second kappa shape index (κ2) is 3.23. The summed E-state index contributed by atoms with van der Waals surface area (Å²) in [7, 11) is 0. The highest BCUT2D eigenvalue weighted by Crippen LogP contribution is 2.19. The minimum atomic E-state index is 0.517. The summed E-state index contributed by atoms with van der Waals surface area (Å²) in [6, 6.07) is 0. The molecule has 1 aliphatic heterocycles. The van der Waals surface area contributed by atoms with E-state index in [9.17, 15) is 0 Å². The van der Waals surface area contributed by atoms with Crippen molar-refractivity contribution in [3.63, 3.8) is 0 Å². The smallest absolute Gasteiger partial charge is 0.155 e. The van der Waals surface area contributed by atoms with Crippen LogP contribution in [0.5, 0.6) is 0 Å². The van der Waals surface area contributed by atoms with Crippen LogP contribution in [-0.4, -0.2) is 28.3 Å². The van der Waals surface area contributed by atoms with Crippen LogP contribution in [0.1, 0.15) is 30.4 Å². The van der Waals surface area contributed by atoms with E-state index in [1.165, 1.54) is 12.8 Å². The van der Waals surface area contributed by atoms with Crippen LogP contribution < -0.4 is 5.32 Å². The van der Waals surface area contributed by atoms with Crippen LogP contribution in [0.25, 0.3) is 0 Å². The molecule has 1 saturated heterocycles. The molecule has 0 saturated carbocycles. The Morgan fingerprint density at radius 3 is 3.00 bits per heavy atom. The van der Waals surface area contributed by atoms with Crippen LogP contribution in [0.15, 0.2) is 0 Å². The summed E-state index contributed by atoms with van der Waals surface area (Å²) in [4.78, 5) is 4.33. The second-order valence-corrected chi connectivity index (χ2v) is 3.32. The van der Waals surface area contributed by atoms with Crippen molar-refractivity contribution in [1.82, 2.24) is 20.5 Å². The molecule has 2 heterocycles. The summed E-state index contributed by atoms with van der Waals surface area (Å²) in [6.45, 7) is 4.10. The lowest BCUT2D eigenvalue weighted by atomic mass is 9.99. The van der Waals surface area contributed by atoms with Crippen molar-refractivity contribution >= 4 is 0 Å². The van der Waals surface area contributed by atoms with Gasteiger partial charge in [0, 0.05) is 12.5 Å². The van der Waals surface area contributed by atoms with Crippen molar-refractivity contribution in [1.29, 1.82) is 0 Å². The zero-order valence-corrected chi connectivity index (χ0v) is 7.30. The monoisotopic (exact) mass is 166 g/mol. The quantitative estimate of drug-likeness (QED) is 0.641. The Bertz CT molecular complexity index is 249. The largest absolute Gasteiger partial charge is 0.316 e. The van der Waals surface area contributed by atoms with E-state index in [4.69, 9.17) is 0 Å². The van der Waals surface area contributed by atoms with E-state index in [1.54, 1.807) is 0 Å². The minimum Gasteiger partial charge on any atom is -0.316 e. The number of aromatic amines is 1. The summed E-state index contributed by atoms with van der Waals surface area (Å²) < 4.78 is 0. The van der Waals surface area contributed by atoms with Crippen molar-refractivity contribution in [2.75, 3.05) is 13.1 Å². The van der Waals surface area contributed by atoms with Crippen LogP contribution in [0, 0.1) is 6.92 Å². The molecular weight excluding hydrogens is 152 g/mol. The fraction of sp³-hybridized carbons (Fsp3) is 0.750. The average Bonchev–Trinajstić information content (AvgIpc) is 2.54. The number of nitrogens with zero attached hydrogens (tertiary/aromatic N) is 2. The lowest BCUT2D eigenvalue weighted by Crippen LogP contribution is -2.28. The maximum atomic E-state index is 4.33. The van der Waals surface area contributed by atoms with Gasteiger partial charge in [-0.05, 0) is 26.3 Å². The number of rotatable bonds is 1. The van der Waals surface area contributed by atoms with Gasteiger partial charge in [-0.15, -0.1) is 0 Å². The van der Waals surface area contributed by atoms with Crippen LogP contribution in [-0.2, 0) is 0 Å². The third kappa shape index (κ3) is 1.48. The summed E-state index contributed by atoms with van der Waals surface area (Å²) in [5, 5.41) is 10.4. The van der Waals surface area contributed by atoms with Gasteiger partial charge in [-0.1, -0.05) is 0 Å². The number of H-pyrrole nitrogens is 1. The number of piperidine rings is 1. The standard InChI is InChI=1S/C8H14N4/c1-6-10-8(12-11-6)7-3-2-4-9-5-7/h7,9H,2-5H2,1H3,(H,10,11,12). The zero-order valence-electron chi connectivity index (χ0n) is 7.30. The first kappa shape index (κ1) is 7.73. The maximum Gasteiger partial charge on any atom is 0.155 e. The first-order valence-electron chi connectivity index (χ1n) is 4.46. The normalized spacial score (nSPS) is 24.2. The predicted molar refractivity (Wildman–Crippen MR) is 46.0 cm³/mol. The molecular formula is C8H14N4. The summed E-state index contributed by atoms with van der Waals surface area (Å²) >= 11 is 0. The van der Waals surface area contributed by atoms with E-state index in [-0.39, 0.29) is 0 Å². The highest BCUT2D eigenvalue weighted by molar-refractivity contribution is 4.98. The van der Waals surface area contributed by atoms with Gasteiger partial charge in [0.2, 0.25) is 0 Å². The molecule has 1 aliphatic rings. The van der Waals surface area contributed by atoms with Gasteiger partial charge >= 0.3 is 0 Å². The fourth-order valence-electron chi connectivity index (χ4n) is 1.61. The maximum absolute atomic E-state index is 4.33. The molecule has 4 heteroatoms. The van der Waals surface area contributed by atoms with Gasteiger partial charge in [0.1, 0.15) is 5.82 Å². The van der Waals surface area contributed by atoms with Crippen molar-refractivity contribution < 1.29 is 0 Å². The molecule has 66 valence electrons. The van der Waals surface area contributed by atoms with Crippen molar-refractivity contribution in [3.05, 3.63) is 11.6 Å². The highest BCUT2D eigenvalue weighted by atomic mass is 15.2. The Morgan fingerprint density at radius 1 is 1.50 bits per heavy atom. The lowest BCUT2D eigenvalue weighted by Gasteiger charge is -2.19. The zero-order chi connectivity index (χ0) is 8.39. The molecule has 0 spiro atoms. The Balaban J connectivity index is 2.08. The number of aryl methyl sites for hydroxylation is 1. The number of nitrogens with one attached hydrogen (secondary N) is 2. The van der Waals surface area contributed by atoms with Crippen LogP contribution in [0.2, 0.25) is 0 Å². The molecule has 1 aromatic rings. The van der Waals surface area contributed by atoms with Crippen LogP contribution in [0.3, 0.4) is 0 Å². The molecule has 2 rings (SSSR count). The first-order valence-corrected chi connectivity index (χ1v) is 4.46. The van der Waals surface area contributed by atoms with E-state index >= 15 is 0 Å². The summed E-state index contributed by atoms with van der Waals surface area (Å²) in [5.41, 5.74) is 0. The Labute approximate surface area is 71.8 Å². The van der Waals surface area contributed by atoms with E-state index in [1.807, 2.05) is 6.92 Å². The Kier molecular flexibility index (Phi) is 2.08. The van der Waals surface area contributed by atoms with Crippen LogP contribution >= 0.6 is 0 Å². The molecule has 1 unspecified atom stereocenters. The Morgan fingerprint density at radius 2 is 2.42 bits per heavy atom. The topological polar surface area (TPSA) is 53.6 Å². The second-order valence-electron chi connectivity index (χ2n) is 3.32. The average molecular weight is 166 g/mol. The van der Waals surface area contributed by atoms with Gasteiger partial charge in [-0.25, -0.2) is 4.98 Å². The summed E-state index contributed by atoms with van der Waals surface area (Å²) in [6.07, 6.45) is 2.45. The molecule has 0 bridgehead atoms. The number of hydrogen-bond donors (Lipinski definition) is 2. The van der Waals surface area contributed by atoms with Gasteiger partial charge in [-0.2, -0.15) is 5.10 Å². The van der Waals surface area contributed by atoms with Gasteiger partial charge in [0.05, 0.1) is 0 Å². The van der Waals surface area contributed by atoms with E-state index in [0.29, 0.717) is 5.92 Å². The molecule has 12 heavy (non-hydrogen) atoms. The molecule has 2 N–H and O–H groups in total. The van der Waals surface area contributed by atoms with Crippen molar-refractivity contribution in [2.24, 2.45) is 0 Å². The predicted octanol–water partition coefficient (Wildman–Crippen LogP) is 0.580. The van der Waals surface area contributed by atoms with E-state index in [2.05, 4.69) is 20.5 Å². The molecule has 1 fully saturated rings. The van der Waals surface area contributed by atoms with Crippen molar-refractivity contribution in [3.8, 4) is 0 Å². The number of aromatic nitrogens is 3. The molecule has 0 amide bonds. The van der Waals surface area contributed by atoms with Gasteiger partial charge in [-0.3, -0.25) is 5.10 Å². The van der Waals surface area contributed by atoms with Gasteiger partial charge in [0.25, 0.3) is 0 Å². The Hall–Kier alpha value is -0.900. The SMILES string of the molecule is Cc1nc(C2CCCNC2)n[nH]1. The third-order valence-electron chi connectivity index (χ3n) is 2.28. The lowest BCUT2D eigenvalue weighted by molar-refractivity contribution is 0.447. The van der Waals surface area contributed by atoms with Crippen LogP contribution in [0.4, 0.5) is 0 Å². The molecule has 0 aliphatic carbocycles. The molecule has 4 nitrogen and oxygen atoms in total. The van der Waals surface area contributed by atoms with Gasteiger partial charge in [0.15, 0.2) is 5.82 Å². The molecule has 0 aromatic carbocycles. The molecule has 0 radical (unpaired) electrons. The van der Waals surface area contributed by atoms with Gasteiger partial charge < -0.3 is 5.32 Å².